The van der Waals surface area contributed by atoms with Crippen LogP contribution in [0.3, 0.4) is 0 Å². The molecule has 0 bridgehead atoms. The van der Waals surface area contributed by atoms with E-state index in [1.54, 1.807) is 0 Å². The van der Waals surface area contributed by atoms with Gasteiger partial charge in [0.2, 0.25) is 0 Å². The third-order valence-electron chi connectivity index (χ3n) is 4.05. The lowest BCUT2D eigenvalue weighted by Gasteiger charge is -2.34. The molecule has 1 aromatic carbocycles. The zero-order valence-electron chi connectivity index (χ0n) is 9.94. The van der Waals surface area contributed by atoms with E-state index in [2.05, 4.69) is 42.0 Å². The van der Waals surface area contributed by atoms with Gasteiger partial charge in [0.05, 0.1) is 6.61 Å². The number of nitrogens with zero attached hydrogens (tertiary/aromatic N) is 1. The van der Waals surface area contributed by atoms with Crippen LogP contribution in [-0.4, -0.2) is 11.2 Å². The average Bonchev–Trinajstić information content (AvgIpc) is 2.80. The molecule has 86 valence electrons. The number of aryl methyl sites for hydroxylation is 1. The van der Waals surface area contributed by atoms with Crippen LogP contribution >= 0.6 is 0 Å². The van der Waals surface area contributed by atoms with Crippen molar-refractivity contribution in [3.05, 3.63) is 41.6 Å². The fraction of sp³-hybridized carbons (Fsp3) is 0.333. The maximum atomic E-state index is 5.81. The first kappa shape index (κ1) is 9.34. The minimum absolute atomic E-state index is 0.633. The van der Waals surface area contributed by atoms with Crippen molar-refractivity contribution in [2.75, 3.05) is 6.61 Å². The molecule has 0 fully saturated rings. The first-order valence-corrected chi connectivity index (χ1v) is 6.26. The Balaban J connectivity index is 2.09. The number of hydrogen-bond donors (Lipinski definition) is 0. The van der Waals surface area contributed by atoms with Gasteiger partial charge in [0.15, 0.2) is 0 Å². The van der Waals surface area contributed by atoms with E-state index in [-0.39, 0.29) is 0 Å². The summed E-state index contributed by atoms with van der Waals surface area (Å²) in [5.41, 5.74) is 5.56. The third kappa shape index (κ3) is 1.15. The zero-order valence-corrected chi connectivity index (χ0v) is 9.94. The third-order valence-corrected chi connectivity index (χ3v) is 4.05. The summed E-state index contributed by atoms with van der Waals surface area (Å²) in [5, 5.41) is 0. The Hall–Kier alpha value is -1.70. The van der Waals surface area contributed by atoms with Gasteiger partial charge in [-0.05, 0) is 37.1 Å². The average molecular weight is 225 g/mol. The second kappa shape index (κ2) is 3.16. The predicted octanol–water partition coefficient (Wildman–Crippen LogP) is 3.34. The Morgan fingerprint density at radius 2 is 2.24 bits per heavy atom. The lowest BCUT2D eigenvalue weighted by Crippen LogP contribution is -2.23. The molecule has 0 amide bonds. The Morgan fingerprint density at radius 1 is 1.29 bits per heavy atom. The van der Waals surface area contributed by atoms with Crippen LogP contribution in [0.4, 0.5) is 0 Å². The Kier molecular flexibility index (Phi) is 1.74. The molecule has 0 spiro atoms. The summed E-state index contributed by atoms with van der Waals surface area (Å²) in [5.74, 6) is 1.74. The molecule has 2 aliphatic heterocycles. The number of benzene rings is 1. The second-order valence-electron chi connectivity index (χ2n) is 5.05. The van der Waals surface area contributed by atoms with E-state index in [0.717, 1.165) is 25.3 Å². The van der Waals surface area contributed by atoms with Crippen molar-refractivity contribution in [3.8, 4) is 17.0 Å². The summed E-state index contributed by atoms with van der Waals surface area (Å²) in [6, 6.07) is 8.68. The van der Waals surface area contributed by atoms with Gasteiger partial charge < -0.3 is 9.30 Å². The largest absolute Gasteiger partial charge is 0.493 e. The molecule has 4 rings (SSSR count). The van der Waals surface area contributed by atoms with Crippen LogP contribution in [0.5, 0.6) is 5.75 Å². The zero-order chi connectivity index (χ0) is 11.4. The number of ether oxygens (including phenoxy) is 1. The highest BCUT2D eigenvalue weighted by Gasteiger charge is 2.31. The van der Waals surface area contributed by atoms with Crippen LogP contribution in [0.1, 0.15) is 23.5 Å². The molecule has 2 aliphatic rings. The molecule has 17 heavy (non-hydrogen) atoms. The van der Waals surface area contributed by atoms with Crippen LogP contribution in [0.25, 0.3) is 11.3 Å². The van der Waals surface area contributed by atoms with Gasteiger partial charge in [-0.2, -0.15) is 0 Å². The monoisotopic (exact) mass is 225 g/mol. The van der Waals surface area contributed by atoms with Crippen LogP contribution in [0, 0.1) is 6.92 Å². The summed E-state index contributed by atoms with van der Waals surface area (Å²) in [6.07, 6.45) is 3.33. The van der Waals surface area contributed by atoms with Crippen molar-refractivity contribution in [2.45, 2.75) is 25.8 Å². The van der Waals surface area contributed by atoms with E-state index in [1.807, 2.05) is 0 Å². The number of hydrogen-bond acceptors (Lipinski definition) is 1. The summed E-state index contributed by atoms with van der Waals surface area (Å²) in [4.78, 5) is 0. The Morgan fingerprint density at radius 3 is 3.18 bits per heavy atom. The predicted molar refractivity (Wildman–Crippen MR) is 67.5 cm³/mol. The van der Waals surface area contributed by atoms with Gasteiger partial charge in [-0.3, -0.25) is 0 Å². The van der Waals surface area contributed by atoms with E-state index in [0.29, 0.717) is 5.92 Å². The van der Waals surface area contributed by atoms with Crippen LogP contribution in [0.2, 0.25) is 0 Å². The number of fused-ring (bicyclic) bond motifs is 2. The van der Waals surface area contributed by atoms with Crippen LogP contribution < -0.4 is 4.74 Å². The lowest BCUT2D eigenvalue weighted by atomic mass is 9.83. The van der Waals surface area contributed by atoms with Gasteiger partial charge in [0.1, 0.15) is 5.75 Å². The normalized spacial score (nSPS) is 20.4. The van der Waals surface area contributed by atoms with Gasteiger partial charge in [-0.1, -0.05) is 6.07 Å². The molecule has 2 heteroatoms. The minimum Gasteiger partial charge on any atom is -0.493 e. The molecule has 0 radical (unpaired) electrons. The number of aromatic nitrogens is 1. The standard InChI is InChI=1S/C15H15NO/c1-10-4-5-13-15-11(6-8-17-13)9-16-7-2-3-12(16)14(10)15/h2-5,7,11H,6,8-9H2,1H3. The van der Waals surface area contributed by atoms with Crippen LogP contribution in [0.15, 0.2) is 30.5 Å². The van der Waals surface area contributed by atoms with Crippen LogP contribution in [-0.2, 0) is 6.54 Å². The first-order valence-electron chi connectivity index (χ1n) is 6.26. The number of rotatable bonds is 0. The highest BCUT2D eigenvalue weighted by molar-refractivity contribution is 5.74. The van der Waals surface area contributed by atoms with Crippen molar-refractivity contribution in [1.82, 2.24) is 4.57 Å². The molecule has 3 heterocycles. The SMILES string of the molecule is Cc1ccc2c3c1-c1cccn1CC3CCO2. The Bertz CT molecular complexity index is 597. The molecule has 1 aromatic heterocycles. The summed E-state index contributed by atoms with van der Waals surface area (Å²) >= 11 is 0. The molecule has 0 aliphatic carbocycles. The van der Waals surface area contributed by atoms with Gasteiger partial charge in [0, 0.05) is 35.5 Å². The Labute approximate surface area is 101 Å². The molecule has 1 unspecified atom stereocenters. The maximum absolute atomic E-state index is 5.81. The molecule has 2 nitrogen and oxygen atoms in total. The van der Waals surface area contributed by atoms with Gasteiger partial charge >= 0.3 is 0 Å². The minimum atomic E-state index is 0.633. The quantitative estimate of drug-likeness (QED) is 0.670. The van der Waals surface area contributed by atoms with Crippen molar-refractivity contribution >= 4 is 0 Å². The van der Waals surface area contributed by atoms with E-state index < -0.39 is 0 Å². The molecule has 1 atom stereocenters. The van der Waals surface area contributed by atoms with E-state index in [1.165, 1.54) is 22.4 Å². The molecule has 2 aromatic rings. The molecular weight excluding hydrogens is 210 g/mol. The summed E-state index contributed by atoms with van der Waals surface area (Å²) in [7, 11) is 0. The molecule has 0 N–H and O–H groups in total. The lowest BCUT2D eigenvalue weighted by molar-refractivity contribution is 0.257. The fourth-order valence-corrected chi connectivity index (χ4v) is 3.26. The maximum Gasteiger partial charge on any atom is 0.123 e. The summed E-state index contributed by atoms with van der Waals surface area (Å²) in [6.45, 7) is 4.16. The van der Waals surface area contributed by atoms with E-state index in [9.17, 15) is 0 Å². The highest BCUT2D eigenvalue weighted by atomic mass is 16.5. The molecular formula is C15H15NO. The van der Waals surface area contributed by atoms with Gasteiger partial charge in [-0.15, -0.1) is 0 Å². The van der Waals surface area contributed by atoms with Crippen molar-refractivity contribution in [1.29, 1.82) is 0 Å². The van der Waals surface area contributed by atoms with Crippen molar-refractivity contribution in [2.24, 2.45) is 0 Å². The van der Waals surface area contributed by atoms with Gasteiger partial charge in [0.25, 0.3) is 0 Å². The summed E-state index contributed by atoms with van der Waals surface area (Å²) < 4.78 is 8.19. The van der Waals surface area contributed by atoms with Crippen molar-refractivity contribution in [3.63, 3.8) is 0 Å². The fourth-order valence-electron chi connectivity index (χ4n) is 3.26. The first-order chi connectivity index (χ1) is 8.34. The van der Waals surface area contributed by atoms with Crippen molar-refractivity contribution < 1.29 is 4.74 Å². The van der Waals surface area contributed by atoms with E-state index in [4.69, 9.17) is 4.74 Å². The van der Waals surface area contributed by atoms with Gasteiger partial charge in [-0.25, -0.2) is 0 Å². The smallest absolute Gasteiger partial charge is 0.123 e. The highest BCUT2D eigenvalue weighted by Crippen LogP contribution is 2.46. The molecule has 0 saturated carbocycles. The molecule has 0 saturated heterocycles. The van der Waals surface area contributed by atoms with E-state index >= 15 is 0 Å². The topological polar surface area (TPSA) is 14.2 Å². The second-order valence-corrected chi connectivity index (χ2v) is 5.05.